The summed E-state index contributed by atoms with van der Waals surface area (Å²) in [5.74, 6) is 0.525. The summed E-state index contributed by atoms with van der Waals surface area (Å²) in [7, 11) is -4.61. The minimum Gasteiger partial charge on any atom is -0.228 e. The highest BCUT2D eigenvalue weighted by molar-refractivity contribution is 7.91. The molecule has 4 nitrogen and oxygen atoms in total. The molecular weight excluding hydrogens is 531 g/mol. The van der Waals surface area contributed by atoms with Gasteiger partial charge in [0.2, 0.25) is 0 Å². The number of hydrogen-bond acceptors (Lipinski definition) is 3. The second kappa shape index (κ2) is 12.3. The Morgan fingerprint density at radius 1 is 0.750 bits per heavy atom. The number of nitrogens with zero attached hydrogens (tertiary/aromatic N) is 2. The van der Waals surface area contributed by atoms with Gasteiger partial charge in [0.15, 0.2) is 0 Å². The van der Waals surface area contributed by atoms with Crippen LogP contribution in [0.15, 0.2) is 41.3 Å². The van der Waals surface area contributed by atoms with Gasteiger partial charge in [0, 0.05) is 0 Å². The molecule has 1 aromatic heterocycles. The topological polar surface area (TPSA) is 52.0 Å². The molecule has 0 atom stereocenters. The van der Waals surface area contributed by atoms with E-state index in [1.165, 1.54) is 69.8 Å². The van der Waals surface area contributed by atoms with Crippen molar-refractivity contribution in [2.24, 2.45) is 0 Å². The molecule has 1 heterocycles. The first-order valence-electron chi connectivity index (χ1n) is 15.8. The molecule has 3 aromatic rings. The van der Waals surface area contributed by atoms with Crippen LogP contribution in [0.25, 0.3) is 11.0 Å². The van der Waals surface area contributed by atoms with Gasteiger partial charge in [-0.2, -0.15) is 0 Å². The highest BCUT2D eigenvalue weighted by atomic mass is 32.2. The van der Waals surface area contributed by atoms with Crippen LogP contribution in [0.2, 0.25) is 0 Å². The van der Waals surface area contributed by atoms with Crippen molar-refractivity contribution in [1.29, 1.82) is 0 Å². The van der Waals surface area contributed by atoms with Crippen LogP contribution in [0.1, 0.15) is 140 Å². The summed E-state index contributed by atoms with van der Waals surface area (Å²) in [6.07, 6.45) is 12.5. The molecule has 0 N–H and O–H groups in total. The molecule has 2 saturated carbocycles. The van der Waals surface area contributed by atoms with E-state index in [4.69, 9.17) is 4.98 Å². The SMILES string of the molecule is CC(C)c1cc(C(C)C)c(S(=O)(=O)n2c(P(C3CCCCC3)C3CCCCC3)nc3ccccc32)c(C(C)C)c1. The Labute approximate surface area is 244 Å². The lowest BCUT2D eigenvalue weighted by molar-refractivity contribution is 0.486. The van der Waals surface area contributed by atoms with E-state index in [0.29, 0.717) is 22.1 Å². The smallest absolute Gasteiger partial charge is 0.228 e. The van der Waals surface area contributed by atoms with Gasteiger partial charge in [-0.3, -0.25) is 0 Å². The van der Waals surface area contributed by atoms with Crippen molar-refractivity contribution < 1.29 is 8.42 Å². The van der Waals surface area contributed by atoms with Crippen LogP contribution in [0.5, 0.6) is 0 Å². The lowest BCUT2D eigenvalue weighted by atomic mass is 9.89. The van der Waals surface area contributed by atoms with Crippen molar-refractivity contribution in [3.8, 4) is 0 Å². The fourth-order valence-electron chi connectivity index (χ4n) is 7.01. The first-order chi connectivity index (χ1) is 19.1. The number of rotatable bonds is 8. The Bertz CT molecular complexity index is 1380. The Morgan fingerprint density at radius 2 is 1.25 bits per heavy atom. The summed E-state index contributed by atoms with van der Waals surface area (Å²) in [6.45, 7) is 12.9. The standard InChI is InChI=1S/C34H49N2O2PS/c1-23(2)26-21-29(24(3)4)33(30(22-26)25(5)6)40(37,38)36-32-20-14-13-19-31(32)35-34(36)39(27-15-9-7-10-16-27)28-17-11-8-12-18-28/h13-14,19-25,27-28H,7-12,15-18H2,1-6H3. The monoisotopic (exact) mass is 580 g/mol. The number of aromatic nitrogens is 2. The van der Waals surface area contributed by atoms with E-state index in [2.05, 4.69) is 53.7 Å². The van der Waals surface area contributed by atoms with E-state index >= 15 is 8.42 Å². The summed E-state index contributed by atoms with van der Waals surface area (Å²) in [4.78, 5) is 5.78. The van der Waals surface area contributed by atoms with Crippen LogP contribution in [0, 0.1) is 0 Å². The van der Waals surface area contributed by atoms with E-state index in [1.807, 2.05) is 24.3 Å². The number of hydrogen-bond donors (Lipinski definition) is 0. The first-order valence-corrected chi connectivity index (χ1v) is 18.7. The fourth-order valence-corrected chi connectivity index (χ4v) is 13.3. The van der Waals surface area contributed by atoms with Gasteiger partial charge in [-0.15, -0.1) is 0 Å². The van der Waals surface area contributed by atoms with Crippen molar-refractivity contribution in [3.05, 3.63) is 53.1 Å². The molecular formula is C34H49N2O2PS. The molecule has 0 saturated heterocycles. The van der Waals surface area contributed by atoms with Gasteiger partial charge in [0.05, 0.1) is 15.9 Å². The zero-order chi connectivity index (χ0) is 28.6. The zero-order valence-corrected chi connectivity index (χ0v) is 27.2. The Morgan fingerprint density at radius 3 is 1.73 bits per heavy atom. The quantitative estimate of drug-likeness (QED) is 0.249. The third-order valence-corrected chi connectivity index (χ3v) is 14.6. The molecule has 2 fully saturated rings. The van der Waals surface area contributed by atoms with Gasteiger partial charge in [-0.25, -0.2) is 17.4 Å². The molecule has 0 radical (unpaired) electrons. The summed E-state index contributed by atoms with van der Waals surface area (Å²) >= 11 is 0. The number of imidazole rings is 1. The van der Waals surface area contributed by atoms with Gasteiger partial charge in [-0.1, -0.05) is 104 Å². The third-order valence-electron chi connectivity index (χ3n) is 9.25. The molecule has 40 heavy (non-hydrogen) atoms. The molecule has 0 unspecified atom stereocenters. The van der Waals surface area contributed by atoms with E-state index < -0.39 is 17.9 Å². The molecule has 0 spiro atoms. The maximum atomic E-state index is 15.3. The number of benzene rings is 2. The molecule has 0 amide bonds. The Hall–Kier alpha value is -1.71. The lowest BCUT2D eigenvalue weighted by Gasteiger charge is -2.38. The third kappa shape index (κ3) is 5.67. The van der Waals surface area contributed by atoms with Gasteiger partial charge >= 0.3 is 0 Å². The molecule has 2 aliphatic rings. The molecule has 5 rings (SSSR count). The summed E-state index contributed by atoms with van der Waals surface area (Å²) in [6, 6.07) is 12.3. The van der Waals surface area contributed by atoms with Gasteiger partial charge < -0.3 is 0 Å². The van der Waals surface area contributed by atoms with Gasteiger partial charge in [0.25, 0.3) is 10.0 Å². The first kappa shape index (κ1) is 29.8. The predicted molar refractivity (Wildman–Crippen MR) is 171 cm³/mol. The van der Waals surface area contributed by atoms with Crippen molar-refractivity contribution in [1.82, 2.24) is 8.96 Å². The molecule has 0 aliphatic heterocycles. The van der Waals surface area contributed by atoms with E-state index in [1.54, 1.807) is 3.97 Å². The maximum absolute atomic E-state index is 15.3. The molecule has 2 aliphatic carbocycles. The average Bonchev–Trinajstić information content (AvgIpc) is 3.33. The van der Waals surface area contributed by atoms with E-state index in [0.717, 1.165) is 27.7 Å². The van der Waals surface area contributed by atoms with E-state index in [9.17, 15) is 0 Å². The lowest BCUT2D eigenvalue weighted by Crippen LogP contribution is -2.34. The number of fused-ring (bicyclic) bond motifs is 1. The predicted octanol–water partition coefficient (Wildman–Crippen LogP) is 9.42. The van der Waals surface area contributed by atoms with Crippen LogP contribution in [-0.4, -0.2) is 28.7 Å². The zero-order valence-electron chi connectivity index (χ0n) is 25.5. The van der Waals surface area contributed by atoms with Crippen LogP contribution >= 0.6 is 7.92 Å². The van der Waals surface area contributed by atoms with E-state index in [-0.39, 0.29) is 11.8 Å². The highest BCUT2D eigenvalue weighted by Crippen LogP contribution is 2.55. The molecule has 0 bridgehead atoms. The largest absolute Gasteiger partial charge is 0.270 e. The summed E-state index contributed by atoms with van der Waals surface area (Å²) in [5.41, 5.74) is 6.66. The fraction of sp³-hybridized carbons (Fsp3) is 0.618. The van der Waals surface area contributed by atoms with Crippen LogP contribution in [0.4, 0.5) is 0 Å². The van der Waals surface area contributed by atoms with Crippen molar-refractivity contribution in [2.45, 2.75) is 140 Å². The maximum Gasteiger partial charge on any atom is 0.270 e. The van der Waals surface area contributed by atoms with Crippen LogP contribution < -0.4 is 5.57 Å². The van der Waals surface area contributed by atoms with Crippen LogP contribution in [-0.2, 0) is 10.0 Å². The molecule has 6 heteroatoms. The summed E-state index contributed by atoms with van der Waals surface area (Å²) in [5, 5.41) is 0. The molecule has 218 valence electrons. The molecule has 2 aromatic carbocycles. The normalized spacial score (nSPS) is 18.1. The minimum atomic E-state index is -3.90. The number of para-hydroxylation sites is 2. The van der Waals surface area contributed by atoms with Crippen LogP contribution in [0.3, 0.4) is 0 Å². The highest BCUT2D eigenvalue weighted by Gasteiger charge is 2.39. The minimum absolute atomic E-state index is 0.0948. The van der Waals surface area contributed by atoms with Crippen molar-refractivity contribution in [2.75, 3.05) is 0 Å². The van der Waals surface area contributed by atoms with Gasteiger partial charge in [0.1, 0.15) is 5.57 Å². The van der Waals surface area contributed by atoms with Crippen molar-refractivity contribution in [3.63, 3.8) is 0 Å². The van der Waals surface area contributed by atoms with Gasteiger partial charge in [-0.05, 0) is 91.5 Å². The second-order valence-electron chi connectivity index (χ2n) is 13.2. The average molecular weight is 581 g/mol. The second-order valence-corrected chi connectivity index (χ2v) is 17.6. The van der Waals surface area contributed by atoms with Crippen molar-refractivity contribution >= 4 is 34.5 Å². The summed E-state index contributed by atoms with van der Waals surface area (Å²) < 4.78 is 32.3. The Balaban J connectivity index is 1.80. The Kier molecular flexibility index (Phi) is 9.12.